The van der Waals surface area contributed by atoms with E-state index in [1.165, 1.54) is 6.26 Å². The molecule has 1 saturated heterocycles. The minimum Gasteiger partial charge on any atom is -0.481 e. The summed E-state index contributed by atoms with van der Waals surface area (Å²) in [5.74, 6) is -0.890. The Bertz CT molecular complexity index is 791. The van der Waals surface area contributed by atoms with Crippen molar-refractivity contribution in [3.63, 3.8) is 0 Å². The van der Waals surface area contributed by atoms with Gasteiger partial charge in [-0.15, -0.1) is 11.3 Å². The molecule has 2 aromatic rings. The standard InChI is InChI=1S/C20H23NO4S/c1-14-13-25-17(12-18(22)23)19(14)20(24)21-10-4-2-3-6-15(21)8-9-16-7-5-11-26-16/h5,7-9,11,13,15H,2-4,6,10,12H2,1H3,(H,22,23)/b9-8+. The van der Waals surface area contributed by atoms with Crippen molar-refractivity contribution in [3.05, 3.63) is 51.6 Å². The SMILES string of the molecule is Cc1coc(CC(=O)O)c1C(=O)N1CCCCCC1/C=C/c1cccs1. The first-order chi connectivity index (χ1) is 12.6. The molecule has 1 atom stereocenters. The molecule has 3 heterocycles. The van der Waals surface area contributed by atoms with E-state index in [2.05, 4.69) is 18.2 Å². The van der Waals surface area contributed by atoms with E-state index in [4.69, 9.17) is 9.52 Å². The Balaban J connectivity index is 1.87. The fourth-order valence-corrected chi connectivity index (χ4v) is 4.00. The molecular weight excluding hydrogens is 350 g/mol. The predicted octanol–water partition coefficient (Wildman–Crippen LogP) is 4.37. The first kappa shape index (κ1) is 18.5. The van der Waals surface area contributed by atoms with Crippen molar-refractivity contribution in [2.75, 3.05) is 6.54 Å². The topological polar surface area (TPSA) is 70.7 Å². The highest BCUT2D eigenvalue weighted by Crippen LogP contribution is 2.25. The summed E-state index contributed by atoms with van der Waals surface area (Å²) < 4.78 is 5.36. The summed E-state index contributed by atoms with van der Waals surface area (Å²) in [6.07, 6.45) is 9.41. The summed E-state index contributed by atoms with van der Waals surface area (Å²) in [7, 11) is 0. The predicted molar refractivity (Wildman–Crippen MR) is 101 cm³/mol. The van der Waals surface area contributed by atoms with E-state index in [9.17, 15) is 9.59 Å². The van der Waals surface area contributed by atoms with E-state index < -0.39 is 5.97 Å². The third-order valence-electron chi connectivity index (χ3n) is 4.66. The molecule has 0 aromatic carbocycles. The largest absolute Gasteiger partial charge is 0.481 e. The molecule has 5 nitrogen and oxygen atoms in total. The zero-order valence-electron chi connectivity index (χ0n) is 14.8. The molecule has 0 bridgehead atoms. The van der Waals surface area contributed by atoms with Crippen LogP contribution < -0.4 is 0 Å². The number of carbonyl (C=O) groups excluding carboxylic acids is 1. The van der Waals surface area contributed by atoms with Crippen LogP contribution in [0.5, 0.6) is 0 Å². The summed E-state index contributed by atoms with van der Waals surface area (Å²) in [4.78, 5) is 27.4. The minimum atomic E-state index is -1.00. The first-order valence-electron chi connectivity index (χ1n) is 8.87. The van der Waals surface area contributed by atoms with Crippen LogP contribution in [0.4, 0.5) is 0 Å². The maximum Gasteiger partial charge on any atom is 0.311 e. The van der Waals surface area contributed by atoms with Gasteiger partial charge in [0, 0.05) is 17.0 Å². The van der Waals surface area contributed by atoms with Crippen molar-refractivity contribution in [1.29, 1.82) is 0 Å². The number of carboxylic acid groups (broad SMARTS) is 1. The van der Waals surface area contributed by atoms with Crippen LogP contribution in [-0.4, -0.2) is 34.5 Å². The number of carbonyl (C=O) groups is 2. The molecule has 3 rings (SSSR count). The van der Waals surface area contributed by atoms with Crippen molar-refractivity contribution >= 4 is 29.3 Å². The number of rotatable bonds is 5. The molecule has 138 valence electrons. The molecular formula is C20H23NO4S. The van der Waals surface area contributed by atoms with Gasteiger partial charge in [0.15, 0.2) is 0 Å². The zero-order valence-corrected chi connectivity index (χ0v) is 15.6. The van der Waals surface area contributed by atoms with E-state index in [1.54, 1.807) is 18.3 Å². The van der Waals surface area contributed by atoms with Crippen LogP contribution in [0.25, 0.3) is 6.08 Å². The summed E-state index contributed by atoms with van der Waals surface area (Å²) in [5, 5.41) is 11.1. The third kappa shape index (κ3) is 4.25. The van der Waals surface area contributed by atoms with Crippen LogP contribution in [-0.2, 0) is 11.2 Å². The third-order valence-corrected chi connectivity index (χ3v) is 5.50. The van der Waals surface area contributed by atoms with Gasteiger partial charge >= 0.3 is 5.97 Å². The van der Waals surface area contributed by atoms with Gasteiger partial charge in [-0.2, -0.15) is 0 Å². The van der Waals surface area contributed by atoms with E-state index in [0.29, 0.717) is 17.7 Å². The Morgan fingerprint density at radius 1 is 1.38 bits per heavy atom. The lowest BCUT2D eigenvalue weighted by Gasteiger charge is -2.28. The molecule has 26 heavy (non-hydrogen) atoms. The fourth-order valence-electron chi connectivity index (χ4n) is 3.37. The quantitative estimate of drug-likeness (QED) is 0.844. The van der Waals surface area contributed by atoms with Crippen LogP contribution in [0.1, 0.15) is 52.2 Å². The summed E-state index contributed by atoms with van der Waals surface area (Å²) in [5.41, 5.74) is 1.10. The highest BCUT2D eigenvalue weighted by atomic mass is 32.1. The smallest absolute Gasteiger partial charge is 0.311 e. The van der Waals surface area contributed by atoms with E-state index in [0.717, 1.165) is 30.6 Å². The lowest BCUT2D eigenvalue weighted by molar-refractivity contribution is -0.136. The average Bonchev–Trinajstić information content (AvgIpc) is 3.16. The van der Waals surface area contributed by atoms with E-state index >= 15 is 0 Å². The lowest BCUT2D eigenvalue weighted by Crippen LogP contribution is -2.39. The fraction of sp³-hybridized carbons (Fsp3) is 0.400. The number of thiophene rings is 1. The number of amides is 1. The van der Waals surface area contributed by atoms with Crippen LogP contribution in [0.2, 0.25) is 0 Å². The van der Waals surface area contributed by atoms with Gasteiger partial charge in [0.25, 0.3) is 5.91 Å². The van der Waals surface area contributed by atoms with Crippen LogP contribution in [0.15, 0.2) is 34.3 Å². The van der Waals surface area contributed by atoms with Crippen LogP contribution >= 0.6 is 11.3 Å². The van der Waals surface area contributed by atoms with Gasteiger partial charge in [-0.1, -0.05) is 25.0 Å². The maximum atomic E-state index is 13.3. The number of hydrogen-bond acceptors (Lipinski definition) is 4. The van der Waals surface area contributed by atoms with Crippen LogP contribution in [0.3, 0.4) is 0 Å². The van der Waals surface area contributed by atoms with E-state index in [1.807, 2.05) is 16.3 Å². The Kier molecular flexibility index (Phi) is 5.93. The molecule has 1 amide bonds. The van der Waals surface area contributed by atoms with Gasteiger partial charge in [0.2, 0.25) is 0 Å². The van der Waals surface area contributed by atoms with Gasteiger partial charge in [0.1, 0.15) is 12.2 Å². The second-order valence-corrected chi connectivity index (χ2v) is 7.56. The van der Waals surface area contributed by atoms with Gasteiger partial charge in [-0.05, 0) is 37.3 Å². The number of carboxylic acids is 1. The normalized spacial score (nSPS) is 18.2. The molecule has 0 spiro atoms. The molecule has 6 heteroatoms. The zero-order chi connectivity index (χ0) is 18.5. The average molecular weight is 373 g/mol. The molecule has 1 fully saturated rings. The monoisotopic (exact) mass is 373 g/mol. The van der Waals surface area contributed by atoms with Gasteiger partial charge < -0.3 is 14.4 Å². The highest BCUT2D eigenvalue weighted by Gasteiger charge is 2.29. The van der Waals surface area contributed by atoms with Gasteiger partial charge in [-0.3, -0.25) is 9.59 Å². The van der Waals surface area contributed by atoms with Gasteiger partial charge in [-0.25, -0.2) is 0 Å². The molecule has 0 aliphatic carbocycles. The Morgan fingerprint density at radius 2 is 2.23 bits per heavy atom. The molecule has 1 unspecified atom stereocenters. The number of likely N-dealkylation sites (tertiary alicyclic amines) is 1. The maximum absolute atomic E-state index is 13.3. The minimum absolute atomic E-state index is 0.0130. The van der Waals surface area contributed by atoms with E-state index in [-0.39, 0.29) is 24.1 Å². The molecule has 2 aromatic heterocycles. The summed E-state index contributed by atoms with van der Waals surface area (Å²) in [6, 6.07) is 4.07. The molecule has 1 aliphatic rings. The Labute approximate surface area is 156 Å². The lowest BCUT2D eigenvalue weighted by atomic mass is 10.1. The number of hydrogen-bond donors (Lipinski definition) is 1. The molecule has 1 aliphatic heterocycles. The van der Waals surface area contributed by atoms with Crippen molar-refractivity contribution in [3.8, 4) is 0 Å². The van der Waals surface area contributed by atoms with Crippen molar-refractivity contribution in [2.45, 2.75) is 45.1 Å². The molecule has 0 saturated carbocycles. The first-order valence-corrected chi connectivity index (χ1v) is 9.75. The van der Waals surface area contributed by atoms with Gasteiger partial charge in [0.05, 0.1) is 17.9 Å². The van der Waals surface area contributed by atoms with Crippen molar-refractivity contribution in [1.82, 2.24) is 4.90 Å². The summed E-state index contributed by atoms with van der Waals surface area (Å²) in [6.45, 7) is 2.46. The number of nitrogens with zero attached hydrogens (tertiary/aromatic N) is 1. The Hall–Kier alpha value is -2.34. The second kappa shape index (κ2) is 8.36. The number of aryl methyl sites for hydroxylation is 1. The van der Waals surface area contributed by atoms with Crippen molar-refractivity contribution in [2.24, 2.45) is 0 Å². The number of furan rings is 1. The Morgan fingerprint density at radius 3 is 2.96 bits per heavy atom. The molecule has 0 radical (unpaired) electrons. The molecule has 1 N–H and O–H groups in total. The van der Waals surface area contributed by atoms with Crippen molar-refractivity contribution < 1.29 is 19.1 Å². The number of aliphatic carboxylic acids is 1. The second-order valence-electron chi connectivity index (χ2n) is 6.58. The van der Waals surface area contributed by atoms with Crippen LogP contribution in [0, 0.1) is 6.92 Å². The highest BCUT2D eigenvalue weighted by molar-refractivity contribution is 7.10. The summed E-state index contributed by atoms with van der Waals surface area (Å²) >= 11 is 1.67.